The molecule has 84 heavy (non-hydrogen) atoms. The molecular weight excluding hydrogens is 1290 g/mol. The van der Waals surface area contributed by atoms with Crippen molar-refractivity contribution in [2.75, 3.05) is 19.0 Å². The van der Waals surface area contributed by atoms with Gasteiger partial charge < -0.3 is 0 Å². The molecule has 5 aromatic heterocycles. The molecule has 0 saturated heterocycles. The molecule has 5 nitrogen and oxygen atoms in total. The topological polar surface area (TPSA) is 56.6 Å². The molecule has 1 aliphatic heterocycles. The summed E-state index contributed by atoms with van der Waals surface area (Å²) in [6.07, 6.45) is 33.2. The number of allylic oxidation sites excluding steroid dienone is 7. The standard InChI is InChI=1S/C69H91F2IN3O2S6Si/c1-11-16-18-20-22-24-26-28-30-32-42-76-66-67(77-43-33-31-29-27-25-23-21-19-17-12-2)69(59-39-37-56(80-59)50-45-51(70)61(47(7)63(50)73-78-15-5)57-40-41-60(81-57)84(8,9)10)82-68(66)54-35-34-53(72-54)49-44-52(71)62(65-64(49)74-83-75-65)58-38-36-55(79-58)48(14-4)46(6)13-3/h34-41,44-46,48H,7,11-33,42-43H2,1-6,8-10H3/q-1. The summed E-state index contributed by atoms with van der Waals surface area (Å²) < 4.78 is 66.3. The van der Waals surface area contributed by atoms with E-state index < -0.39 is 29.3 Å². The van der Waals surface area contributed by atoms with Crippen LogP contribution in [0.3, 0.4) is 0 Å². The molecule has 0 fully saturated rings. The summed E-state index contributed by atoms with van der Waals surface area (Å²) in [6, 6.07) is 14.5. The summed E-state index contributed by atoms with van der Waals surface area (Å²) >= 11 is 8.59. The number of fused-ring (bicyclic) bond motifs is 1. The van der Waals surface area contributed by atoms with E-state index in [1.807, 2.05) is 0 Å². The van der Waals surface area contributed by atoms with Gasteiger partial charge in [-0.3, -0.25) is 0 Å². The van der Waals surface area contributed by atoms with Gasteiger partial charge in [0, 0.05) is 0 Å². The molecule has 0 spiro atoms. The minimum absolute atomic E-state index is 0.254. The molecule has 0 amide bonds. The Morgan fingerprint density at radius 1 is 0.631 bits per heavy atom. The second-order valence-corrected chi connectivity index (χ2v) is 37.8. The smallest absolute Gasteiger partial charge is 0.145 e. The summed E-state index contributed by atoms with van der Waals surface area (Å²) in [5.41, 5.74) is 5.42. The normalized spacial score (nSPS) is 15.3. The Labute approximate surface area is 538 Å². The number of unbranched alkanes of at least 4 members (excludes halogenated alkanes) is 18. The predicted octanol–water partition coefficient (Wildman–Crippen LogP) is 21.0. The number of benzene rings is 1. The minimum atomic E-state index is -1.61. The Morgan fingerprint density at radius 3 is 1.80 bits per heavy atom. The monoisotopic (exact) mass is 1380 g/mol. The first-order chi connectivity index (χ1) is 40.8. The molecule has 6 heterocycles. The molecule has 15 heteroatoms. The molecule has 0 bridgehead atoms. The van der Waals surface area contributed by atoms with Crippen LogP contribution in [0.5, 0.6) is 11.5 Å². The first-order valence-corrected chi connectivity index (χ1v) is 42.2. The van der Waals surface area contributed by atoms with Gasteiger partial charge in [-0.15, -0.1) is 11.3 Å². The van der Waals surface area contributed by atoms with Crippen LogP contribution in [-0.2, 0) is 0 Å². The zero-order valence-electron chi connectivity index (χ0n) is 51.6. The van der Waals surface area contributed by atoms with Crippen molar-refractivity contribution in [3.05, 3.63) is 110 Å². The minimum Gasteiger partial charge on any atom is -0.145 e. The quantitative estimate of drug-likeness (QED) is 0.0168. The van der Waals surface area contributed by atoms with Gasteiger partial charge in [-0.05, 0) is 10.6 Å². The van der Waals surface area contributed by atoms with Crippen molar-refractivity contribution in [2.45, 2.75) is 208 Å². The summed E-state index contributed by atoms with van der Waals surface area (Å²) in [7, 11) is -1.61. The molecule has 0 radical (unpaired) electrons. The third-order valence-corrected chi connectivity index (χ3v) is 29.1. The van der Waals surface area contributed by atoms with E-state index in [-0.39, 0.29) is 11.6 Å². The first-order valence-electron chi connectivity index (χ1n) is 31.6. The SMILES string of the molecule is C=C1C(=NSCC)C(c2ccc(-c3sc(C4=CC=C(c5cc(F)c(-c6ccc(C(CC)C(C)CC)s6)c6nsnc56)[I-]4)c(OCCCCCCCCCCCC)c3OCCCCCCCCCCCC)s2)=CC(F)=C1c1ccc([Si](C)(C)C)s1. The molecule has 2 atom stereocenters. The zero-order chi connectivity index (χ0) is 59.6. The number of aromatic nitrogens is 2. The van der Waals surface area contributed by atoms with Crippen molar-refractivity contribution in [3.8, 4) is 31.7 Å². The van der Waals surface area contributed by atoms with Gasteiger partial charge in [-0.25, -0.2) is 0 Å². The number of hydrogen-bond donors (Lipinski definition) is 0. The maximum absolute atomic E-state index is 16.9. The van der Waals surface area contributed by atoms with E-state index in [4.69, 9.17) is 22.6 Å². The van der Waals surface area contributed by atoms with Gasteiger partial charge in [0.25, 0.3) is 0 Å². The van der Waals surface area contributed by atoms with E-state index in [1.54, 1.807) is 57.5 Å². The van der Waals surface area contributed by atoms with Crippen LogP contribution in [-0.4, -0.2) is 41.5 Å². The molecule has 1 aromatic carbocycles. The number of ether oxygens (including phenoxy) is 2. The van der Waals surface area contributed by atoms with Crippen LogP contribution in [0, 0.1) is 11.7 Å². The molecule has 456 valence electrons. The summed E-state index contributed by atoms with van der Waals surface area (Å²) in [5, 5.41) is 0. The van der Waals surface area contributed by atoms with Crippen molar-refractivity contribution >= 4 is 117 Å². The van der Waals surface area contributed by atoms with Crippen molar-refractivity contribution in [2.24, 2.45) is 10.3 Å². The van der Waals surface area contributed by atoms with Gasteiger partial charge in [0.15, 0.2) is 0 Å². The van der Waals surface area contributed by atoms with Crippen LogP contribution in [0.15, 0.2) is 83.1 Å². The van der Waals surface area contributed by atoms with Crippen LogP contribution in [0.2, 0.25) is 19.6 Å². The van der Waals surface area contributed by atoms with Crippen LogP contribution in [0.25, 0.3) is 49.5 Å². The Hall–Kier alpha value is -3.03. The summed E-state index contributed by atoms with van der Waals surface area (Å²) in [6.45, 7) is 26.2. The zero-order valence-corrected chi connectivity index (χ0v) is 59.6. The van der Waals surface area contributed by atoms with Gasteiger partial charge in [-0.2, -0.15) is 0 Å². The van der Waals surface area contributed by atoms with Gasteiger partial charge in [0.1, 0.15) is 0 Å². The molecule has 2 unspecified atom stereocenters. The predicted molar refractivity (Wildman–Crippen MR) is 369 cm³/mol. The second kappa shape index (κ2) is 33.5. The van der Waals surface area contributed by atoms with Crippen molar-refractivity contribution in [1.29, 1.82) is 0 Å². The van der Waals surface area contributed by atoms with Crippen LogP contribution >= 0.6 is 69.0 Å². The number of halogens is 3. The first kappa shape index (κ1) is 66.9. The number of hydrogen-bond acceptors (Lipinski definition) is 11. The third-order valence-electron chi connectivity index (χ3n) is 16.2. The van der Waals surface area contributed by atoms with Gasteiger partial charge in [0.2, 0.25) is 0 Å². The second-order valence-electron chi connectivity index (χ2n) is 23.6. The van der Waals surface area contributed by atoms with E-state index in [0.29, 0.717) is 47.3 Å². The number of rotatable bonds is 37. The van der Waals surface area contributed by atoms with E-state index in [9.17, 15) is 0 Å². The van der Waals surface area contributed by atoms with Crippen LogP contribution in [0.4, 0.5) is 8.78 Å². The van der Waals surface area contributed by atoms with E-state index in [1.165, 1.54) is 128 Å². The molecule has 0 saturated carbocycles. The number of thiophene rings is 4. The van der Waals surface area contributed by atoms with E-state index >= 15 is 8.78 Å². The fourth-order valence-corrected chi connectivity index (χ4v) is 21.9. The van der Waals surface area contributed by atoms with Crippen molar-refractivity contribution in [3.63, 3.8) is 0 Å². The molecular formula is C69H91F2IN3O2S6Si-. The summed E-state index contributed by atoms with van der Waals surface area (Å²) in [5.74, 6) is 2.84. The molecule has 6 aromatic rings. The molecule has 2 aliphatic rings. The maximum atomic E-state index is 16.9. The third kappa shape index (κ3) is 17.2. The summed E-state index contributed by atoms with van der Waals surface area (Å²) in [4.78, 5) is 7.17. The number of nitrogens with zero attached hydrogens (tertiary/aromatic N) is 3. The Morgan fingerprint density at radius 2 is 1.20 bits per heavy atom. The van der Waals surface area contributed by atoms with Gasteiger partial charge >= 0.3 is 422 Å². The van der Waals surface area contributed by atoms with Crippen LogP contribution in [0.1, 0.15) is 214 Å². The van der Waals surface area contributed by atoms with Crippen molar-refractivity contribution < 1.29 is 39.5 Å². The fourth-order valence-electron chi connectivity index (χ4n) is 11.1. The molecule has 8 rings (SSSR count). The van der Waals surface area contributed by atoms with Crippen molar-refractivity contribution in [1.82, 2.24) is 8.75 Å². The average Bonchev–Trinajstić information content (AvgIpc) is 1.90. The van der Waals surface area contributed by atoms with Gasteiger partial charge in [-0.1, -0.05) is 91.4 Å². The van der Waals surface area contributed by atoms with Gasteiger partial charge in [0.05, 0.1) is 8.07 Å². The van der Waals surface area contributed by atoms with Crippen LogP contribution < -0.4 is 35.2 Å². The molecule has 0 N–H and O–H groups in total. The molecule has 1 aliphatic carbocycles. The Bertz CT molecular complexity index is 3270. The fraction of sp³-hybridized carbons (Fsp3) is 0.522. The Balaban J connectivity index is 1.12. The Kier molecular flexibility index (Phi) is 26.7. The average molecular weight is 1380 g/mol. The van der Waals surface area contributed by atoms with E-state index in [0.717, 1.165) is 123 Å². The van der Waals surface area contributed by atoms with E-state index in [2.05, 4.69) is 116 Å².